The molecule has 0 aliphatic carbocycles. The number of aromatic hydroxyl groups is 1. The zero-order chi connectivity index (χ0) is 9.14. The summed E-state index contributed by atoms with van der Waals surface area (Å²) in [7, 11) is 0. The second-order valence-electron chi connectivity index (χ2n) is 2.67. The number of halogens is 1. The highest BCUT2D eigenvalue weighted by Gasteiger charge is 2.08. The molecule has 1 rings (SSSR count). The van der Waals surface area contributed by atoms with Crippen molar-refractivity contribution in [1.29, 1.82) is 0 Å². The normalized spacial score (nSPS) is 10.2. The van der Waals surface area contributed by atoms with E-state index >= 15 is 0 Å². The van der Waals surface area contributed by atoms with E-state index in [4.69, 9.17) is 5.11 Å². The summed E-state index contributed by atoms with van der Waals surface area (Å²) in [5.74, 6) is -0.979. The van der Waals surface area contributed by atoms with Crippen LogP contribution in [0.1, 0.15) is 11.1 Å². The van der Waals surface area contributed by atoms with Gasteiger partial charge in [-0.15, -0.1) is 0 Å². The van der Waals surface area contributed by atoms with Crippen molar-refractivity contribution < 1.29 is 14.6 Å². The summed E-state index contributed by atoms with van der Waals surface area (Å²) >= 11 is 0. The molecule has 2 nitrogen and oxygen atoms in total. The number of rotatable bonds is 2. The molecule has 3 heteroatoms. The van der Waals surface area contributed by atoms with Gasteiger partial charge in [0.15, 0.2) is 11.6 Å². The first-order valence-corrected chi connectivity index (χ1v) is 3.74. The molecule has 0 spiro atoms. The molecule has 0 fully saturated rings. The van der Waals surface area contributed by atoms with E-state index in [1.807, 2.05) is 0 Å². The molecule has 0 saturated carbocycles. The molecule has 0 unspecified atom stereocenters. The highest BCUT2D eigenvalue weighted by molar-refractivity contribution is 5.39. The largest absolute Gasteiger partial charge is 0.505 e. The van der Waals surface area contributed by atoms with Gasteiger partial charge >= 0.3 is 0 Å². The first-order valence-electron chi connectivity index (χ1n) is 3.74. The van der Waals surface area contributed by atoms with Crippen molar-refractivity contribution in [1.82, 2.24) is 0 Å². The van der Waals surface area contributed by atoms with Crippen LogP contribution in [0.15, 0.2) is 12.1 Å². The molecule has 2 N–H and O–H groups in total. The second kappa shape index (κ2) is 3.54. The predicted octanol–water partition coefficient (Wildman–Crippen LogP) is 1.37. The Bertz CT molecular complexity index is 284. The number of hydrogen-bond acceptors (Lipinski definition) is 2. The number of hydrogen-bond donors (Lipinski definition) is 2. The standard InChI is InChI=1S/C9H11FO2/c1-6-2-3-8(10)9(12)7(6)4-5-11/h2-3,11-12H,4-5H2,1H3. The highest BCUT2D eigenvalue weighted by atomic mass is 19.1. The molecule has 0 atom stereocenters. The lowest BCUT2D eigenvalue weighted by Crippen LogP contribution is -1.96. The number of aliphatic hydroxyl groups is 1. The van der Waals surface area contributed by atoms with Crippen LogP contribution in [0.3, 0.4) is 0 Å². The third-order valence-corrected chi connectivity index (χ3v) is 1.83. The van der Waals surface area contributed by atoms with Crippen LogP contribution in [0.2, 0.25) is 0 Å². The van der Waals surface area contributed by atoms with Crippen molar-refractivity contribution in [3.8, 4) is 5.75 Å². The van der Waals surface area contributed by atoms with Crippen LogP contribution in [0.5, 0.6) is 5.75 Å². The van der Waals surface area contributed by atoms with E-state index in [1.165, 1.54) is 6.07 Å². The predicted molar refractivity (Wildman–Crippen MR) is 43.6 cm³/mol. The van der Waals surface area contributed by atoms with Gasteiger partial charge < -0.3 is 10.2 Å². The number of aliphatic hydroxyl groups excluding tert-OH is 1. The van der Waals surface area contributed by atoms with Crippen molar-refractivity contribution in [2.75, 3.05) is 6.61 Å². The number of phenols is 1. The Morgan fingerprint density at radius 3 is 2.67 bits per heavy atom. The summed E-state index contributed by atoms with van der Waals surface area (Å²) in [4.78, 5) is 0. The minimum absolute atomic E-state index is 0.0855. The maximum atomic E-state index is 12.8. The third kappa shape index (κ3) is 1.56. The quantitative estimate of drug-likeness (QED) is 0.703. The van der Waals surface area contributed by atoms with Crippen LogP contribution < -0.4 is 0 Å². The van der Waals surface area contributed by atoms with E-state index in [0.717, 1.165) is 5.56 Å². The van der Waals surface area contributed by atoms with Crippen molar-refractivity contribution in [2.24, 2.45) is 0 Å². The minimum Gasteiger partial charge on any atom is -0.505 e. The van der Waals surface area contributed by atoms with Crippen LogP contribution in [0.4, 0.5) is 4.39 Å². The van der Waals surface area contributed by atoms with Gasteiger partial charge in [-0.1, -0.05) is 6.07 Å². The first-order chi connectivity index (χ1) is 5.66. The number of phenolic OH excluding ortho intramolecular Hbond substituents is 1. The van der Waals surface area contributed by atoms with Crippen molar-refractivity contribution in [2.45, 2.75) is 13.3 Å². The summed E-state index contributed by atoms with van der Waals surface area (Å²) < 4.78 is 12.8. The summed E-state index contributed by atoms with van der Waals surface area (Å²) in [5.41, 5.74) is 1.28. The Balaban J connectivity index is 3.14. The summed E-state index contributed by atoms with van der Waals surface area (Å²) in [5, 5.41) is 17.8. The van der Waals surface area contributed by atoms with Crippen LogP contribution in [0, 0.1) is 12.7 Å². The molecule has 0 bridgehead atoms. The molecule has 0 amide bonds. The Hall–Kier alpha value is -1.09. The van der Waals surface area contributed by atoms with E-state index in [1.54, 1.807) is 13.0 Å². The lowest BCUT2D eigenvalue weighted by atomic mass is 10.0. The van der Waals surface area contributed by atoms with Gasteiger partial charge in [0, 0.05) is 12.2 Å². The van der Waals surface area contributed by atoms with Gasteiger partial charge in [0.05, 0.1) is 0 Å². The third-order valence-electron chi connectivity index (χ3n) is 1.83. The SMILES string of the molecule is Cc1ccc(F)c(O)c1CCO. The van der Waals surface area contributed by atoms with Crippen LogP contribution in [-0.2, 0) is 6.42 Å². The average Bonchev–Trinajstić information content (AvgIpc) is 2.06. The van der Waals surface area contributed by atoms with E-state index in [-0.39, 0.29) is 18.8 Å². The minimum atomic E-state index is -0.635. The van der Waals surface area contributed by atoms with Crippen LogP contribution in [-0.4, -0.2) is 16.8 Å². The number of aryl methyl sites for hydroxylation is 1. The molecule has 66 valence electrons. The summed E-state index contributed by atoms with van der Waals surface area (Å²) in [6, 6.07) is 2.80. The molecule has 0 aromatic heterocycles. The smallest absolute Gasteiger partial charge is 0.165 e. The summed E-state index contributed by atoms with van der Waals surface area (Å²) in [6.45, 7) is 1.68. The van der Waals surface area contributed by atoms with Crippen molar-refractivity contribution >= 4 is 0 Å². The molecule has 0 radical (unpaired) electrons. The second-order valence-corrected chi connectivity index (χ2v) is 2.67. The monoisotopic (exact) mass is 170 g/mol. The lowest BCUT2D eigenvalue weighted by Gasteiger charge is -2.06. The van der Waals surface area contributed by atoms with Gasteiger partial charge in [0.1, 0.15) is 0 Å². The fourth-order valence-electron chi connectivity index (χ4n) is 1.14. The van der Waals surface area contributed by atoms with Crippen LogP contribution >= 0.6 is 0 Å². The average molecular weight is 170 g/mol. The molecule has 0 aliphatic heterocycles. The maximum Gasteiger partial charge on any atom is 0.165 e. The fraction of sp³-hybridized carbons (Fsp3) is 0.333. The first kappa shape index (κ1) is 9.00. The van der Waals surface area contributed by atoms with E-state index in [9.17, 15) is 9.50 Å². The lowest BCUT2D eigenvalue weighted by molar-refractivity contribution is 0.296. The molecule has 12 heavy (non-hydrogen) atoms. The molecule has 0 heterocycles. The highest BCUT2D eigenvalue weighted by Crippen LogP contribution is 2.24. The number of benzene rings is 1. The van der Waals surface area contributed by atoms with Crippen molar-refractivity contribution in [3.05, 3.63) is 29.1 Å². The molecule has 0 aliphatic rings. The van der Waals surface area contributed by atoms with Gasteiger partial charge in [-0.05, 0) is 25.0 Å². The molecule has 1 aromatic carbocycles. The van der Waals surface area contributed by atoms with Gasteiger partial charge in [-0.3, -0.25) is 0 Å². The zero-order valence-corrected chi connectivity index (χ0v) is 6.84. The fourth-order valence-corrected chi connectivity index (χ4v) is 1.14. The Labute approximate surface area is 70.3 Å². The van der Waals surface area contributed by atoms with Gasteiger partial charge in [0.2, 0.25) is 0 Å². The van der Waals surface area contributed by atoms with E-state index in [0.29, 0.717) is 5.56 Å². The molecular formula is C9H11FO2. The van der Waals surface area contributed by atoms with E-state index in [2.05, 4.69) is 0 Å². The van der Waals surface area contributed by atoms with Gasteiger partial charge in [-0.2, -0.15) is 0 Å². The molecule has 0 saturated heterocycles. The molecule has 1 aromatic rings. The molecular weight excluding hydrogens is 159 g/mol. The zero-order valence-electron chi connectivity index (χ0n) is 6.84. The van der Waals surface area contributed by atoms with Crippen molar-refractivity contribution in [3.63, 3.8) is 0 Å². The Morgan fingerprint density at radius 2 is 2.08 bits per heavy atom. The topological polar surface area (TPSA) is 40.5 Å². The van der Waals surface area contributed by atoms with E-state index < -0.39 is 5.82 Å². The Kier molecular flexibility index (Phi) is 2.65. The Morgan fingerprint density at radius 1 is 1.42 bits per heavy atom. The van der Waals surface area contributed by atoms with Crippen LogP contribution in [0.25, 0.3) is 0 Å². The van der Waals surface area contributed by atoms with Gasteiger partial charge in [0.25, 0.3) is 0 Å². The summed E-state index contributed by atoms with van der Waals surface area (Å²) in [6.07, 6.45) is 0.287. The maximum absolute atomic E-state index is 12.8. The van der Waals surface area contributed by atoms with Gasteiger partial charge in [-0.25, -0.2) is 4.39 Å².